The first kappa shape index (κ1) is 38.9. The maximum atomic E-state index is 2.76. The number of hydrogen-bond donors (Lipinski definition) is 0. The van der Waals surface area contributed by atoms with Crippen molar-refractivity contribution in [1.82, 2.24) is 0 Å². The first-order valence-corrected chi connectivity index (χ1v) is 24.4. The number of fused-ring (bicyclic) bond motifs is 5. The van der Waals surface area contributed by atoms with Crippen LogP contribution in [0.5, 0.6) is 0 Å². The van der Waals surface area contributed by atoms with Gasteiger partial charge >= 0.3 is 323 Å². The number of allylic oxidation sites excluding steroid dienone is 8. The zero-order valence-electron chi connectivity index (χ0n) is 35.5. The summed E-state index contributed by atoms with van der Waals surface area (Å²) in [5.41, 5.74) is 17.6. The second-order valence-electron chi connectivity index (χ2n) is 20.9. The number of rotatable bonds is 8. The van der Waals surface area contributed by atoms with Crippen LogP contribution >= 0.6 is 0 Å². The fourth-order valence-corrected chi connectivity index (χ4v) is 19.6. The SMILES string of the molecule is CCCC[C](CCCC)=[Zr]([C]1=CC(C(C)(C)C)=CC1C)[CH]1c2cc3c(cc2-c2cc4c(cc21)C(C)(C)C=C4C(C)(C)C)C(C(C)(C)C)=CC3(C)C. The summed E-state index contributed by atoms with van der Waals surface area (Å²) in [5.74, 6) is 0.527. The molecule has 6 rings (SSSR count). The van der Waals surface area contributed by atoms with E-state index in [0.29, 0.717) is 9.54 Å². The molecule has 2 aromatic rings. The molecule has 0 nitrogen and oxygen atoms in total. The number of hydrogen-bond acceptors (Lipinski definition) is 0. The Morgan fingerprint density at radius 3 is 1.41 bits per heavy atom. The predicted octanol–water partition coefficient (Wildman–Crippen LogP) is 14.9. The fourth-order valence-electron chi connectivity index (χ4n) is 9.69. The van der Waals surface area contributed by atoms with Gasteiger partial charge in [0.25, 0.3) is 0 Å². The van der Waals surface area contributed by atoms with Gasteiger partial charge in [0.05, 0.1) is 0 Å². The van der Waals surface area contributed by atoms with Gasteiger partial charge in [-0.15, -0.1) is 0 Å². The van der Waals surface area contributed by atoms with Crippen molar-refractivity contribution < 1.29 is 21.3 Å². The predicted molar refractivity (Wildman–Crippen MR) is 223 cm³/mol. The molecule has 0 aliphatic heterocycles. The molecular weight excluding hydrogens is 692 g/mol. The van der Waals surface area contributed by atoms with E-state index in [1.54, 1.807) is 39.0 Å². The van der Waals surface area contributed by atoms with E-state index in [1.165, 1.54) is 60.8 Å². The van der Waals surface area contributed by atoms with Crippen molar-refractivity contribution in [2.75, 3.05) is 0 Å². The monoisotopic (exact) mass is 760 g/mol. The molecule has 0 heterocycles. The fraction of sp³-hybridized carbons (Fsp3) is 0.580. The first-order valence-electron chi connectivity index (χ1n) is 20.5. The van der Waals surface area contributed by atoms with Crippen molar-refractivity contribution in [2.45, 2.75) is 164 Å². The van der Waals surface area contributed by atoms with Crippen molar-refractivity contribution >= 4 is 14.4 Å². The summed E-state index contributed by atoms with van der Waals surface area (Å²) in [6, 6.07) is 10.9. The molecule has 0 radical (unpaired) electrons. The molecule has 0 fully saturated rings. The average Bonchev–Trinajstić information content (AvgIpc) is 3.71. The molecule has 51 heavy (non-hydrogen) atoms. The molecule has 1 atom stereocenters. The van der Waals surface area contributed by atoms with E-state index in [2.05, 4.69) is 159 Å². The quantitative estimate of drug-likeness (QED) is 0.251. The van der Waals surface area contributed by atoms with Gasteiger partial charge in [-0.1, -0.05) is 0 Å². The normalized spacial score (nSPS) is 20.4. The molecular formula is C50H70Zr. The topological polar surface area (TPSA) is 0 Å². The molecule has 2 aromatic carbocycles. The molecule has 0 saturated heterocycles. The molecule has 1 unspecified atom stereocenters. The summed E-state index contributed by atoms with van der Waals surface area (Å²) in [5, 5.41) is 0. The van der Waals surface area contributed by atoms with E-state index in [1.807, 2.05) is 6.49 Å². The van der Waals surface area contributed by atoms with E-state index < -0.39 is 21.3 Å². The van der Waals surface area contributed by atoms with E-state index in [9.17, 15) is 0 Å². The van der Waals surface area contributed by atoms with Crippen LogP contribution in [-0.4, -0.2) is 3.21 Å². The van der Waals surface area contributed by atoms with Crippen molar-refractivity contribution in [1.29, 1.82) is 0 Å². The van der Waals surface area contributed by atoms with Crippen LogP contribution in [0.3, 0.4) is 0 Å². The van der Waals surface area contributed by atoms with Crippen LogP contribution in [0.15, 0.2) is 57.4 Å². The van der Waals surface area contributed by atoms with Gasteiger partial charge in [-0.05, 0) is 0 Å². The number of unbranched alkanes of at least 4 members (excludes halogenated alkanes) is 2. The summed E-state index contributed by atoms with van der Waals surface area (Å²) in [7, 11) is 0. The standard InChI is InChI=1S/C31H37.C10H15.C9H18.Zr/c1-28(2,3)26-16-30(7,8)24-12-18-11-19-13-25-23(15-21(19)20(18)14-22(24)26)27(29(4,5)6)17-31(25,9)10;1-8-5-6-9(7-8)10(2,3)4;1-3-5-7-9-8-6-4-2;/h11-17H,1-10H3;6-8H,1-4H3;3-8H2,1-2H3;. The summed E-state index contributed by atoms with van der Waals surface area (Å²) in [6.07, 6.45) is 18.4. The van der Waals surface area contributed by atoms with Crippen molar-refractivity contribution in [3.63, 3.8) is 0 Å². The third kappa shape index (κ3) is 6.87. The second kappa shape index (κ2) is 13.2. The molecule has 274 valence electrons. The van der Waals surface area contributed by atoms with Crippen LogP contribution in [0.25, 0.3) is 22.3 Å². The van der Waals surface area contributed by atoms with E-state index in [0.717, 1.165) is 0 Å². The second-order valence-corrected chi connectivity index (χ2v) is 27.6. The molecule has 0 N–H and O–H groups in total. The van der Waals surface area contributed by atoms with Crippen molar-refractivity contribution in [2.24, 2.45) is 22.2 Å². The third-order valence-electron chi connectivity index (χ3n) is 12.6. The van der Waals surface area contributed by atoms with Crippen LogP contribution < -0.4 is 0 Å². The summed E-state index contributed by atoms with van der Waals surface area (Å²) < 4.78 is 4.37. The van der Waals surface area contributed by atoms with Crippen molar-refractivity contribution in [3.8, 4) is 11.1 Å². The van der Waals surface area contributed by atoms with Gasteiger partial charge < -0.3 is 0 Å². The van der Waals surface area contributed by atoms with Crippen LogP contribution in [0.1, 0.15) is 186 Å². The average molecular weight is 762 g/mol. The van der Waals surface area contributed by atoms with Gasteiger partial charge in [-0.25, -0.2) is 0 Å². The Labute approximate surface area is 321 Å². The maximum absolute atomic E-state index is 2.76. The molecule has 0 spiro atoms. The van der Waals surface area contributed by atoms with Crippen LogP contribution in [0.2, 0.25) is 0 Å². The molecule has 0 bridgehead atoms. The zero-order valence-corrected chi connectivity index (χ0v) is 38.0. The van der Waals surface area contributed by atoms with Gasteiger partial charge in [-0.2, -0.15) is 0 Å². The Kier molecular flexibility index (Phi) is 10.0. The molecule has 4 aliphatic rings. The summed E-state index contributed by atoms with van der Waals surface area (Å²) in [4.78, 5) is 0. The van der Waals surface area contributed by atoms with Gasteiger partial charge in [0, 0.05) is 0 Å². The number of benzene rings is 2. The van der Waals surface area contributed by atoms with E-state index >= 15 is 0 Å². The molecule has 0 aromatic heterocycles. The summed E-state index contributed by atoms with van der Waals surface area (Å²) >= 11 is -2.58. The Bertz CT molecular complexity index is 1800. The first-order chi connectivity index (χ1) is 23.5. The van der Waals surface area contributed by atoms with Crippen molar-refractivity contribution in [3.05, 3.63) is 90.8 Å². The third-order valence-corrected chi connectivity index (χ3v) is 21.7. The van der Waals surface area contributed by atoms with Crippen LogP contribution in [0, 0.1) is 22.2 Å². The van der Waals surface area contributed by atoms with Gasteiger partial charge in [0.1, 0.15) is 0 Å². The molecule has 1 heteroatoms. The zero-order chi connectivity index (χ0) is 37.6. The minimum atomic E-state index is -2.58. The molecule has 4 aliphatic carbocycles. The Morgan fingerprint density at radius 1 is 0.627 bits per heavy atom. The molecule has 0 amide bonds. The van der Waals surface area contributed by atoms with E-state index in [4.69, 9.17) is 0 Å². The van der Waals surface area contributed by atoms with Gasteiger partial charge in [-0.3, -0.25) is 0 Å². The molecule has 0 saturated carbocycles. The van der Waals surface area contributed by atoms with Gasteiger partial charge in [0.2, 0.25) is 0 Å². The Morgan fingerprint density at radius 2 is 1.06 bits per heavy atom. The Balaban J connectivity index is 1.72. The van der Waals surface area contributed by atoms with Crippen LogP contribution in [0.4, 0.5) is 0 Å². The minimum absolute atomic E-state index is 0.0273. The van der Waals surface area contributed by atoms with Crippen LogP contribution in [-0.2, 0) is 32.1 Å². The Hall–Kier alpha value is -1.85. The summed E-state index contributed by atoms with van der Waals surface area (Å²) in [6.45, 7) is 38.9. The van der Waals surface area contributed by atoms with Gasteiger partial charge in [0.15, 0.2) is 0 Å². The van der Waals surface area contributed by atoms with E-state index in [-0.39, 0.29) is 27.1 Å².